The van der Waals surface area contributed by atoms with Gasteiger partial charge in [0, 0.05) is 25.5 Å². The minimum atomic E-state index is -4.05. The lowest BCUT2D eigenvalue weighted by atomic mass is 10.1. The highest BCUT2D eigenvalue weighted by Gasteiger charge is 2.24. The van der Waals surface area contributed by atoms with Crippen LogP contribution in [0.3, 0.4) is 0 Å². The zero-order chi connectivity index (χ0) is 19.6. The summed E-state index contributed by atoms with van der Waals surface area (Å²) in [7, 11) is -2.24. The molecule has 10 heteroatoms. The van der Waals surface area contributed by atoms with Crippen LogP contribution in [0.15, 0.2) is 65.8 Å². The van der Waals surface area contributed by atoms with E-state index < -0.39 is 26.7 Å². The van der Waals surface area contributed by atoms with Crippen molar-refractivity contribution in [2.75, 3.05) is 5.32 Å². The molecule has 3 N–H and O–H groups in total. The number of nitrogens with zero attached hydrogens (tertiary/aromatic N) is 3. The van der Waals surface area contributed by atoms with E-state index in [1.54, 1.807) is 17.0 Å². The normalized spacial score (nSPS) is 12.5. The Bertz CT molecular complexity index is 1080. The maximum atomic E-state index is 11.5. The molecule has 2 aromatic carbocycles. The molecule has 1 aromatic heterocycles. The van der Waals surface area contributed by atoms with Crippen LogP contribution in [-0.2, 0) is 17.1 Å². The van der Waals surface area contributed by atoms with Gasteiger partial charge in [-0.2, -0.15) is 0 Å². The third kappa shape index (κ3) is 3.96. The Balaban J connectivity index is 2.09. The van der Waals surface area contributed by atoms with E-state index >= 15 is 0 Å². The number of rotatable bonds is 6. The summed E-state index contributed by atoms with van der Waals surface area (Å²) in [4.78, 5) is 14.8. The Kier molecular flexibility index (Phi) is 4.93. The van der Waals surface area contributed by atoms with Crippen LogP contribution in [0.1, 0.15) is 17.4 Å². The van der Waals surface area contributed by atoms with Crippen molar-refractivity contribution in [3.8, 4) is 0 Å². The minimum absolute atomic E-state index is 0.157. The number of aromatic nitrogens is 2. The van der Waals surface area contributed by atoms with Gasteiger partial charge in [-0.15, -0.1) is 0 Å². The van der Waals surface area contributed by atoms with E-state index in [4.69, 9.17) is 5.14 Å². The van der Waals surface area contributed by atoms with Crippen molar-refractivity contribution in [3.63, 3.8) is 0 Å². The highest BCUT2D eigenvalue weighted by molar-refractivity contribution is 7.89. The summed E-state index contributed by atoms with van der Waals surface area (Å²) in [5.41, 5.74) is 0.609. The maximum absolute atomic E-state index is 11.5. The van der Waals surface area contributed by atoms with Gasteiger partial charge in [-0.25, -0.2) is 18.5 Å². The lowest BCUT2D eigenvalue weighted by Gasteiger charge is -2.20. The zero-order valence-electron chi connectivity index (χ0n) is 14.3. The first-order valence-electron chi connectivity index (χ1n) is 7.87. The molecule has 0 bridgehead atoms. The second-order valence-corrected chi connectivity index (χ2v) is 7.43. The monoisotopic (exact) mass is 387 g/mol. The van der Waals surface area contributed by atoms with Crippen molar-refractivity contribution in [3.05, 3.63) is 82.4 Å². The Morgan fingerprint density at radius 2 is 1.93 bits per heavy atom. The number of primary sulfonamides is 1. The molecule has 27 heavy (non-hydrogen) atoms. The number of hydrogen-bond donors (Lipinski definition) is 2. The lowest BCUT2D eigenvalue weighted by molar-refractivity contribution is -0.384. The molecule has 0 amide bonds. The van der Waals surface area contributed by atoms with Crippen LogP contribution < -0.4 is 10.5 Å². The number of anilines is 1. The molecule has 0 aliphatic heterocycles. The Hall–Kier alpha value is -3.24. The molecule has 0 aliphatic carbocycles. The molecule has 9 nitrogen and oxygen atoms in total. The molecule has 3 aromatic rings. The van der Waals surface area contributed by atoms with E-state index in [2.05, 4.69) is 10.3 Å². The fourth-order valence-electron chi connectivity index (χ4n) is 2.71. The summed E-state index contributed by atoms with van der Waals surface area (Å²) in [6.45, 7) is 0. The number of imidazole rings is 1. The van der Waals surface area contributed by atoms with Gasteiger partial charge in [-0.05, 0) is 17.7 Å². The molecule has 140 valence electrons. The highest BCUT2D eigenvalue weighted by Crippen LogP contribution is 2.32. The number of hydrogen-bond acceptors (Lipinski definition) is 6. The maximum Gasteiger partial charge on any atom is 0.293 e. The predicted molar refractivity (Wildman–Crippen MR) is 99.6 cm³/mol. The molecule has 0 saturated carbocycles. The summed E-state index contributed by atoms with van der Waals surface area (Å²) in [5, 5.41) is 19.7. The van der Waals surface area contributed by atoms with Crippen molar-refractivity contribution in [1.29, 1.82) is 0 Å². The minimum Gasteiger partial charge on any atom is -0.366 e. The number of nitrogens with one attached hydrogen (secondary N) is 1. The first-order valence-corrected chi connectivity index (χ1v) is 9.42. The molecule has 0 aliphatic rings. The summed E-state index contributed by atoms with van der Waals surface area (Å²) in [5.74, 6) is 0.644. The van der Waals surface area contributed by atoms with Crippen LogP contribution in [-0.4, -0.2) is 22.9 Å². The number of nitro benzene ring substituents is 1. The van der Waals surface area contributed by atoms with Gasteiger partial charge in [0.25, 0.3) is 5.69 Å². The van der Waals surface area contributed by atoms with Crippen LogP contribution >= 0.6 is 0 Å². The van der Waals surface area contributed by atoms with Crippen molar-refractivity contribution in [1.82, 2.24) is 9.55 Å². The van der Waals surface area contributed by atoms with E-state index in [9.17, 15) is 18.5 Å². The zero-order valence-corrected chi connectivity index (χ0v) is 15.1. The molecule has 0 radical (unpaired) electrons. The van der Waals surface area contributed by atoms with E-state index in [0.29, 0.717) is 5.82 Å². The standard InChI is InChI=1S/C17H17N5O4S/c1-21-10-9-19-17(21)16(12-5-3-2-4-6-12)20-14-8-7-13(27(18,25)26)11-15(14)22(23)24/h2-11,16,20H,1H3,(H2,18,25,26)/t16-/m1/s1. The van der Waals surface area contributed by atoms with E-state index in [-0.39, 0.29) is 10.6 Å². The number of nitro groups is 1. The summed E-state index contributed by atoms with van der Waals surface area (Å²) in [6, 6.07) is 12.3. The van der Waals surface area contributed by atoms with E-state index in [1.807, 2.05) is 37.4 Å². The van der Waals surface area contributed by atoms with E-state index in [1.165, 1.54) is 12.1 Å². The third-order valence-corrected chi connectivity index (χ3v) is 4.95. The highest BCUT2D eigenvalue weighted by atomic mass is 32.2. The van der Waals surface area contributed by atoms with Gasteiger partial charge in [0.2, 0.25) is 10.0 Å². The average Bonchev–Trinajstić information content (AvgIpc) is 3.05. The van der Waals surface area contributed by atoms with Gasteiger partial charge in [-0.1, -0.05) is 30.3 Å². The van der Waals surface area contributed by atoms with Gasteiger partial charge in [0.05, 0.1) is 9.82 Å². The number of benzene rings is 2. The van der Waals surface area contributed by atoms with E-state index in [0.717, 1.165) is 11.6 Å². The summed E-state index contributed by atoms with van der Waals surface area (Å²) in [6.07, 6.45) is 3.40. The van der Waals surface area contributed by atoms with Gasteiger partial charge in [0.1, 0.15) is 17.6 Å². The van der Waals surface area contributed by atoms with Gasteiger partial charge >= 0.3 is 0 Å². The SMILES string of the molecule is Cn1ccnc1[C@H](Nc1ccc(S(N)(=O)=O)cc1[N+](=O)[O-])c1ccccc1. The molecule has 0 saturated heterocycles. The predicted octanol–water partition coefficient (Wildman–Crippen LogP) is 2.18. The molecule has 3 rings (SSSR count). The Morgan fingerprint density at radius 3 is 2.48 bits per heavy atom. The second-order valence-electron chi connectivity index (χ2n) is 5.87. The van der Waals surface area contributed by atoms with Gasteiger partial charge in [0.15, 0.2) is 0 Å². The Morgan fingerprint density at radius 1 is 1.22 bits per heavy atom. The smallest absolute Gasteiger partial charge is 0.293 e. The molecule has 0 unspecified atom stereocenters. The fourth-order valence-corrected chi connectivity index (χ4v) is 3.25. The van der Waals surface area contributed by atoms with Crippen LogP contribution in [0, 0.1) is 10.1 Å². The molecule has 1 atom stereocenters. The quantitative estimate of drug-likeness (QED) is 0.492. The van der Waals surface area contributed by atoms with Crippen molar-refractivity contribution < 1.29 is 13.3 Å². The second kappa shape index (κ2) is 7.17. The first-order chi connectivity index (χ1) is 12.8. The molecule has 0 fully saturated rings. The number of sulfonamides is 1. The van der Waals surface area contributed by atoms with Gasteiger partial charge in [-0.3, -0.25) is 10.1 Å². The summed E-state index contributed by atoms with van der Waals surface area (Å²) < 4.78 is 24.8. The number of aryl methyl sites for hydroxylation is 1. The average molecular weight is 387 g/mol. The van der Waals surface area contributed by atoms with Gasteiger partial charge < -0.3 is 9.88 Å². The summed E-state index contributed by atoms with van der Waals surface area (Å²) >= 11 is 0. The van der Waals surface area contributed by atoms with Crippen LogP contribution in [0.5, 0.6) is 0 Å². The molecule has 1 heterocycles. The molecular formula is C17H17N5O4S. The van der Waals surface area contributed by atoms with Crippen LogP contribution in [0.4, 0.5) is 11.4 Å². The lowest BCUT2D eigenvalue weighted by Crippen LogP contribution is -2.18. The number of nitrogens with two attached hydrogens (primary N) is 1. The van der Waals surface area contributed by atoms with Crippen molar-refractivity contribution >= 4 is 21.4 Å². The van der Waals surface area contributed by atoms with Crippen LogP contribution in [0.25, 0.3) is 0 Å². The first kappa shape index (κ1) is 18.5. The largest absolute Gasteiger partial charge is 0.366 e. The topological polar surface area (TPSA) is 133 Å². The molecular weight excluding hydrogens is 370 g/mol. The van der Waals surface area contributed by atoms with Crippen LogP contribution in [0.2, 0.25) is 0 Å². The molecule has 0 spiro atoms. The Labute approximate surface area is 155 Å². The van der Waals surface area contributed by atoms with Crippen molar-refractivity contribution in [2.24, 2.45) is 12.2 Å². The third-order valence-electron chi connectivity index (χ3n) is 4.04. The fraction of sp³-hybridized carbons (Fsp3) is 0.118. The van der Waals surface area contributed by atoms with Crippen molar-refractivity contribution in [2.45, 2.75) is 10.9 Å².